The number of halogens is 3. The molecule has 0 aliphatic heterocycles. The van der Waals surface area contributed by atoms with E-state index in [4.69, 9.17) is 15.9 Å². The van der Waals surface area contributed by atoms with E-state index in [0.717, 1.165) is 70.8 Å². The van der Waals surface area contributed by atoms with Crippen LogP contribution in [0.15, 0.2) is 0 Å². The van der Waals surface area contributed by atoms with Gasteiger partial charge in [-0.25, -0.2) is 0 Å². The third-order valence-electron chi connectivity index (χ3n) is 5.71. The first kappa shape index (κ1) is 36.3. The average molecular weight is 527 g/mol. The number of alkyl halides is 3. The minimum atomic E-state index is -4.79. The summed E-state index contributed by atoms with van der Waals surface area (Å²) >= 11 is 0. The number of unbranched alkanes of at least 4 members (excludes halogenated alkanes) is 16. The molecule has 7 nitrogen and oxygen atoms in total. The van der Waals surface area contributed by atoms with Crippen LogP contribution in [-0.2, 0) is 14.4 Å². The van der Waals surface area contributed by atoms with Gasteiger partial charge in [0.2, 0.25) is 0 Å². The summed E-state index contributed by atoms with van der Waals surface area (Å²) in [5.41, 5.74) is 5.40. The van der Waals surface area contributed by atoms with E-state index in [1.165, 1.54) is 38.5 Å². The zero-order valence-corrected chi connectivity index (χ0v) is 21.9. The Kier molecular flexibility index (Phi) is 26.5. The van der Waals surface area contributed by atoms with Crippen molar-refractivity contribution in [3.05, 3.63) is 0 Å². The van der Waals surface area contributed by atoms with Crippen molar-refractivity contribution in [2.24, 2.45) is 5.73 Å². The van der Waals surface area contributed by atoms with Crippen LogP contribution in [0.25, 0.3) is 0 Å². The molecule has 214 valence electrons. The van der Waals surface area contributed by atoms with Crippen molar-refractivity contribution in [2.45, 2.75) is 135 Å². The van der Waals surface area contributed by atoms with Crippen LogP contribution in [0.4, 0.5) is 13.2 Å². The van der Waals surface area contributed by atoms with E-state index in [2.05, 4.69) is 0 Å². The number of nitrogens with one attached hydrogen (secondary N) is 1. The standard InChI is InChI=1S/C14H24F3NO3.C12H25NO2/c15-14(16,17)13(21)18-11-9-7-5-3-1-2-4-6-8-10-12(19)20;13-11-9-7-5-3-1-2-4-6-8-10-12(14)15/h1-11H2,(H,18,21)(H,19,20);1-11,13H2,(H,14,15). The number of aliphatic carboxylic acids is 2. The second-order valence-electron chi connectivity index (χ2n) is 9.19. The van der Waals surface area contributed by atoms with Gasteiger partial charge < -0.3 is 21.3 Å². The number of amides is 1. The van der Waals surface area contributed by atoms with Gasteiger partial charge in [-0.1, -0.05) is 89.9 Å². The molecule has 0 fully saturated rings. The number of carbonyl (C=O) groups is 3. The van der Waals surface area contributed by atoms with Crippen LogP contribution >= 0.6 is 0 Å². The molecule has 0 rings (SSSR count). The van der Waals surface area contributed by atoms with Crippen molar-refractivity contribution in [3.8, 4) is 0 Å². The maximum atomic E-state index is 11.9. The highest BCUT2D eigenvalue weighted by atomic mass is 19.4. The van der Waals surface area contributed by atoms with E-state index in [9.17, 15) is 27.6 Å². The number of carboxylic acids is 2. The van der Waals surface area contributed by atoms with E-state index in [1.54, 1.807) is 0 Å². The van der Waals surface area contributed by atoms with Crippen LogP contribution in [0.2, 0.25) is 0 Å². The predicted octanol–water partition coefficient (Wildman–Crippen LogP) is 6.58. The number of nitrogens with two attached hydrogens (primary N) is 1. The fourth-order valence-electron chi connectivity index (χ4n) is 3.60. The molecule has 1 amide bonds. The van der Waals surface area contributed by atoms with Gasteiger partial charge in [0.25, 0.3) is 0 Å². The fourth-order valence-corrected chi connectivity index (χ4v) is 3.60. The maximum absolute atomic E-state index is 11.9. The molecule has 0 heterocycles. The number of hydrogen-bond acceptors (Lipinski definition) is 4. The SMILES string of the molecule is NCCCCCCCCCCCC(=O)O.O=C(O)CCCCCCCCCCCNC(=O)C(F)(F)F. The average Bonchev–Trinajstić information content (AvgIpc) is 2.80. The first-order chi connectivity index (χ1) is 17.1. The Morgan fingerprint density at radius 1 is 0.556 bits per heavy atom. The molecular weight excluding hydrogens is 477 g/mol. The molecule has 0 aromatic carbocycles. The van der Waals surface area contributed by atoms with Gasteiger partial charge in [0.1, 0.15) is 0 Å². The van der Waals surface area contributed by atoms with Gasteiger partial charge in [0.15, 0.2) is 0 Å². The summed E-state index contributed by atoms with van der Waals surface area (Å²) in [6.45, 7) is 0.878. The molecule has 0 aliphatic rings. The van der Waals surface area contributed by atoms with Crippen LogP contribution in [0.5, 0.6) is 0 Å². The Morgan fingerprint density at radius 3 is 1.17 bits per heavy atom. The number of hydrogen-bond donors (Lipinski definition) is 4. The Labute approximate surface area is 214 Å². The van der Waals surface area contributed by atoms with Crippen LogP contribution in [0, 0.1) is 0 Å². The quantitative estimate of drug-likeness (QED) is 0.111. The zero-order chi connectivity index (χ0) is 27.5. The fraction of sp³-hybridized carbons (Fsp3) is 0.885. The molecule has 0 atom stereocenters. The summed E-state index contributed by atoms with van der Waals surface area (Å²) in [5.74, 6) is -3.30. The van der Waals surface area contributed by atoms with E-state index < -0.39 is 24.0 Å². The summed E-state index contributed by atoms with van der Waals surface area (Å²) in [7, 11) is 0. The first-order valence-electron chi connectivity index (χ1n) is 13.6. The van der Waals surface area contributed by atoms with Crippen LogP contribution in [0.3, 0.4) is 0 Å². The molecule has 0 aromatic rings. The lowest BCUT2D eigenvalue weighted by atomic mass is 10.1. The Balaban J connectivity index is 0. The van der Waals surface area contributed by atoms with Crippen molar-refractivity contribution >= 4 is 17.8 Å². The largest absolute Gasteiger partial charge is 0.481 e. The van der Waals surface area contributed by atoms with Crippen LogP contribution < -0.4 is 11.1 Å². The van der Waals surface area contributed by atoms with Gasteiger partial charge in [-0.15, -0.1) is 0 Å². The highest BCUT2D eigenvalue weighted by Gasteiger charge is 2.38. The van der Waals surface area contributed by atoms with Crippen LogP contribution in [-0.4, -0.2) is 47.3 Å². The lowest BCUT2D eigenvalue weighted by Crippen LogP contribution is -2.37. The van der Waals surface area contributed by atoms with Gasteiger partial charge in [-0.05, 0) is 32.2 Å². The van der Waals surface area contributed by atoms with Gasteiger partial charge in [0, 0.05) is 19.4 Å². The maximum Gasteiger partial charge on any atom is 0.471 e. The number of carboxylic acid groups (broad SMARTS) is 2. The van der Waals surface area contributed by atoms with Crippen molar-refractivity contribution in [3.63, 3.8) is 0 Å². The zero-order valence-electron chi connectivity index (χ0n) is 21.9. The molecule has 10 heteroatoms. The third kappa shape index (κ3) is 32.2. The van der Waals surface area contributed by atoms with E-state index in [0.29, 0.717) is 19.3 Å². The summed E-state index contributed by atoms with van der Waals surface area (Å²) in [5, 5.41) is 18.7. The predicted molar refractivity (Wildman–Crippen MR) is 136 cm³/mol. The lowest BCUT2D eigenvalue weighted by molar-refractivity contribution is -0.173. The summed E-state index contributed by atoms with van der Waals surface area (Å²) < 4.78 is 35.6. The van der Waals surface area contributed by atoms with Gasteiger partial charge in [-0.2, -0.15) is 13.2 Å². The summed E-state index contributed by atoms with van der Waals surface area (Å²) in [6, 6.07) is 0. The second-order valence-corrected chi connectivity index (χ2v) is 9.19. The van der Waals surface area contributed by atoms with E-state index in [1.807, 2.05) is 5.32 Å². The van der Waals surface area contributed by atoms with Crippen molar-refractivity contribution in [1.82, 2.24) is 5.32 Å². The normalized spacial score (nSPS) is 11.0. The third-order valence-corrected chi connectivity index (χ3v) is 5.71. The minimum Gasteiger partial charge on any atom is -0.481 e. The summed E-state index contributed by atoms with van der Waals surface area (Å²) in [4.78, 5) is 31.0. The molecule has 0 saturated heterocycles. The van der Waals surface area contributed by atoms with Gasteiger partial charge in [-0.3, -0.25) is 14.4 Å². The molecule has 0 radical (unpaired) electrons. The Hall–Kier alpha value is -1.84. The molecule has 0 aromatic heterocycles. The highest BCUT2D eigenvalue weighted by molar-refractivity contribution is 5.81. The molecule has 36 heavy (non-hydrogen) atoms. The molecule has 0 spiro atoms. The molecular formula is C26H49F3N2O5. The number of carbonyl (C=O) groups excluding carboxylic acids is 1. The lowest BCUT2D eigenvalue weighted by Gasteiger charge is -2.07. The van der Waals surface area contributed by atoms with Crippen LogP contribution in [0.1, 0.15) is 128 Å². The van der Waals surface area contributed by atoms with E-state index in [-0.39, 0.29) is 13.0 Å². The summed E-state index contributed by atoms with van der Waals surface area (Å²) in [6.07, 6.45) is 14.5. The first-order valence-corrected chi connectivity index (χ1v) is 13.6. The molecule has 5 N–H and O–H groups in total. The van der Waals surface area contributed by atoms with Gasteiger partial charge >= 0.3 is 24.0 Å². The van der Waals surface area contributed by atoms with Gasteiger partial charge in [0.05, 0.1) is 0 Å². The van der Waals surface area contributed by atoms with E-state index >= 15 is 0 Å². The molecule has 0 bridgehead atoms. The minimum absolute atomic E-state index is 0.0630. The smallest absolute Gasteiger partial charge is 0.471 e. The van der Waals surface area contributed by atoms with Crippen molar-refractivity contribution in [2.75, 3.05) is 13.1 Å². The monoisotopic (exact) mass is 526 g/mol. The molecule has 0 saturated carbocycles. The Morgan fingerprint density at radius 2 is 0.861 bits per heavy atom. The van der Waals surface area contributed by atoms with Crippen molar-refractivity contribution < 1.29 is 37.8 Å². The Bertz CT molecular complexity index is 546. The molecule has 0 unspecified atom stereocenters. The topological polar surface area (TPSA) is 130 Å². The highest BCUT2D eigenvalue weighted by Crippen LogP contribution is 2.14. The molecule has 0 aliphatic carbocycles. The second kappa shape index (κ2) is 26.2. The number of rotatable bonds is 23. The van der Waals surface area contributed by atoms with Crippen molar-refractivity contribution in [1.29, 1.82) is 0 Å².